The number of fused-ring (bicyclic) bond motifs is 1. The lowest BCUT2D eigenvalue weighted by Gasteiger charge is -2.10. The molecule has 1 atom stereocenters. The van der Waals surface area contributed by atoms with Crippen LogP contribution in [-0.2, 0) is 6.42 Å². The van der Waals surface area contributed by atoms with E-state index in [2.05, 4.69) is 30.8 Å². The van der Waals surface area contributed by atoms with E-state index >= 15 is 0 Å². The number of nitrogens with zero attached hydrogens (tertiary/aromatic N) is 6. The lowest BCUT2D eigenvalue weighted by atomic mass is 10.1. The van der Waals surface area contributed by atoms with Crippen LogP contribution in [0, 0.1) is 6.92 Å². The minimum Gasteiger partial charge on any atom is -0.341 e. The second-order valence-electron chi connectivity index (χ2n) is 7.71. The Morgan fingerprint density at radius 3 is 2.82 bits per heavy atom. The van der Waals surface area contributed by atoms with Crippen LogP contribution in [0.5, 0.6) is 0 Å². The highest BCUT2D eigenvalue weighted by atomic mass is 16.5. The number of hydrogen-bond acceptors (Lipinski definition) is 7. The van der Waals surface area contributed by atoms with Crippen LogP contribution in [0.2, 0.25) is 0 Å². The largest absolute Gasteiger partial charge is 0.341 e. The van der Waals surface area contributed by atoms with Crippen LogP contribution in [0.4, 0.5) is 0 Å². The van der Waals surface area contributed by atoms with Crippen molar-refractivity contribution >= 4 is 16.7 Å². The third kappa shape index (κ3) is 4.08. The normalized spacial score (nSPS) is 12.1. The molecule has 0 spiro atoms. The number of benzene rings is 2. The fourth-order valence-corrected chi connectivity index (χ4v) is 3.67. The molecule has 33 heavy (non-hydrogen) atoms. The van der Waals surface area contributed by atoms with E-state index < -0.39 is 6.04 Å². The molecule has 0 saturated carbocycles. The molecule has 9 nitrogen and oxygen atoms in total. The minimum absolute atomic E-state index is 0.237. The minimum atomic E-state index is -0.459. The predicted molar refractivity (Wildman–Crippen MR) is 121 cm³/mol. The lowest BCUT2D eigenvalue weighted by molar-refractivity contribution is 0.0932. The molecule has 0 fully saturated rings. The number of carbonyl (C=O) groups is 1. The van der Waals surface area contributed by atoms with Crippen molar-refractivity contribution in [3.8, 4) is 5.69 Å². The van der Waals surface area contributed by atoms with Gasteiger partial charge in [0, 0.05) is 23.2 Å². The van der Waals surface area contributed by atoms with Gasteiger partial charge in [0.15, 0.2) is 11.5 Å². The molecule has 164 valence electrons. The van der Waals surface area contributed by atoms with Crippen LogP contribution in [0.1, 0.15) is 46.4 Å². The maximum absolute atomic E-state index is 12.9. The van der Waals surface area contributed by atoms with Crippen molar-refractivity contribution in [1.29, 1.82) is 0 Å². The van der Waals surface area contributed by atoms with Crippen LogP contribution >= 0.6 is 0 Å². The lowest BCUT2D eigenvalue weighted by Crippen LogP contribution is -2.28. The van der Waals surface area contributed by atoms with E-state index in [1.807, 2.05) is 61.5 Å². The molecule has 5 aromatic rings. The van der Waals surface area contributed by atoms with Crippen molar-refractivity contribution < 1.29 is 9.32 Å². The molecule has 0 unspecified atom stereocenters. The summed E-state index contributed by atoms with van der Waals surface area (Å²) in [4.78, 5) is 21.5. The number of carbonyl (C=O) groups excluding carboxylic acids is 1. The molecular formula is C24H21N7O2. The molecular weight excluding hydrogens is 418 g/mol. The fourth-order valence-electron chi connectivity index (χ4n) is 3.67. The number of hydrogen-bond donors (Lipinski definition) is 1. The van der Waals surface area contributed by atoms with Gasteiger partial charge in [0.05, 0.1) is 23.8 Å². The third-order valence-corrected chi connectivity index (χ3v) is 5.41. The van der Waals surface area contributed by atoms with Gasteiger partial charge in [-0.15, -0.1) is 5.10 Å². The number of nitrogens with one attached hydrogen (secondary N) is 1. The summed E-state index contributed by atoms with van der Waals surface area (Å²) < 4.78 is 7.01. The van der Waals surface area contributed by atoms with Crippen LogP contribution < -0.4 is 5.32 Å². The van der Waals surface area contributed by atoms with Crippen molar-refractivity contribution in [1.82, 2.24) is 35.4 Å². The molecule has 3 aromatic heterocycles. The van der Waals surface area contributed by atoms with Crippen molar-refractivity contribution in [3.63, 3.8) is 0 Å². The van der Waals surface area contributed by atoms with Gasteiger partial charge < -0.3 is 9.84 Å². The Kier molecular flexibility index (Phi) is 5.35. The Balaban J connectivity index is 1.33. The SMILES string of the molecule is Cc1c(C(=O)N[C@@H](C)c2noc(Cc3ccccc3)n2)nnn1-c1cccc2cnccc12. The summed E-state index contributed by atoms with van der Waals surface area (Å²) in [7, 11) is 0. The zero-order chi connectivity index (χ0) is 22.8. The average molecular weight is 439 g/mol. The molecule has 5 rings (SSSR count). The Hall–Kier alpha value is -4.40. The topological polar surface area (TPSA) is 112 Å². The Bertz CT molecular complexity index is 1420. The van der Waals surface area contributed by atoms with Gasteiger partial charge in [-0.1, -0.05) is 52.8 Å². The van der Waals surface area contributed by atoms with Crippen LogP contribution in [-0.4, -0.2) is 36.0 Å². The molecule has 3 heterocycles. The second kappa shape index (κ2) is 8.62. The summed E-state index contributed by atoms with van der Waals surface area (Å²) in [6, 6.07) is 17.1. The van der Waals surface area contributed by atoms with Crippen LogP contribution in [0.25, 0.3) is 16.5 Å². The zero-order valence-corrected chi connectivity index (χ0v) is 18.1. The van der Waals surface area contributed by atoms with E-state index in [1.54, 1.807) is 24.0 Å². The first-order valence-electron chi connectivity index (χ1n) is 10.5. The Labute approximate surface area is 189 Å². The average Bonchev–Trinajstić information content (AvgIpc) is 3.46. The molecule has 2 aromatic carbocycles. The first-order chi connectivity index (χ1) is 16.1. The number of amides is 1. The van der Waals surface area contributed by atoms with Gasteiger partial charge >= 0.3 is 0 Å². The summed E-state index contributed by atoms with van der Waals surface area (Å²) >= 11 is 0. The van der Waals surface area contributed by atoms with Gasteiger partial charge in [-0.2, -0.15) is 4.98 Å². The van der Waals surface area contributed by atoms with Gasteiger partial charge in [0.25, 0.3) is 5.91 Å². The number of rotatable bonds is 6. The standard InChI is InChI=1S/C24H21N7O2/c1-15(23-27-21(33-29-23)13-17-7-4-3-5-8-17)26-24(32)22-16(2)31(30-28-22)20-10-6-9-18-14-25-12-11-19(18)20/h3-12,14-15H,13H2,1-2H3,(H,26,32)/t15-/m0/s1. The summed E-state index contributed by atoms with van der Waals surface area (Å²) in [5.41, 5.74) is 2.76. The molecule has 1 N–H and O–H groups in total. The molecule has 0 saturated heterocycles. The highest BCUT2D eigenvalue weighted by Gasteiger charge is 2.22. The first-order valence-corrected chi connectivity index (χ1v) is 10.5. The third-order valence-electron chi connectivity index (χ3n) is 5.41. The van der Waals surface area contributed by atoms with E-state index in [4.69, 9.17) is 4.52 Å². The van der Waals surface area contributed by atoms with Crippen molar-refractivity contribution in [3.05, 3.63) is 95.7 Å². The maximum atomic E-state index is 12.9. The zero-order valence-electron chi connectivity index (χ0n) is 18.1. The van der Waals surface area contributed by atoms with E-state index in [9.17, 15) is 4.79 Å². The first kappa shape index (κ1) is 20.5. The van der Waals surface area contributed by atoms with Gasteiger partial charge in [-0.25, -0.2) is 4.68 Å². The predicted octanol–water partition coefficient (Wildman–Crippen LogP) is 3.59. The van der Waals surface area contributed by atoms with Crippen molar-refractivity contribution in [2.24, 2.45) is 0 Å². The van der Waals surface area contributed by atoms with Crippen molar-refractivity contribution in [2.75, 3.05) is 0 Å². The van der Waals surface area contributed by atoms with Gasteiger partial charge in [0.1, 0.15) is 0 Å². The number of aromatic nitrogens is 6. The smallest absolute Gasteiger partial charge is 0.274 e. The molecule has 0 bridgehead atoms. The van der Waals surface area contributed by atoms with Crippen LogP contribution in [0.15, 0.2) is 71.5 Å². The highest BCUT2D eigenvalue weighted by molar-refractivity contribution is 5.94. The molecule has 1 amide bonds. The Morgan fingerprint density at radius 2 is 1.97 bits per heavy atom. The van der Waals surface area contributed by atoms with E-state index in [-0.39, 0.29) is 11.6 Å². The molecule has 0 aliphatic heterocycles. The van der Waals surface area contributed by atoms with Crippen LogP contribution in [0.3, 0.4) is 0 Å². The van der Waals surface area contributed by atoms with Gasteiger partial charge in [0.2, 0.25) is 5.89 Å². The van der Waals surface area contributed by atoms with E-state index in [1.165, 1.54) is 0 Å². The quantitative estimate of drug-likeness (QED) is 0.430. The van der Waals surface area contributed by atoms with Gasteiger partial charge in [-0.3, -0.25) is 9.78 Å². The molecule has 0 radical (unpaired) electrons. The fraction of sp³-hybridized carbons (Fsp3) is 0.167. The molecule has 0 aliphatic rings. The molecule has 9 heteroatoms. The maximum Gasteiger partial charge on any atom is 0.274 e. The second-order valence-corrected chi connectivity index (χ2v) is 7.71. The van der Waals surface area contributed by atoms with E-state index in [0.29, 0.717) is 23.8 Å². The van der Waals surface area contributed by atoms with E-state index in [0.717, 1.165) is 22.0 Å². The molecule has 0 aliphatic carbocycles. The monoisotopic (exact) mass is 439 g/mol. The number of pyridine rings is 1. The summed E-state index contributed by atoms with van der Waals surface area (Å²) in [6.45, 7) is 3.61. The summed E-state index contributed by atoms with van der Waals surface area (Å²) in [5, 5.41) is 17.2. The highest BCUT2D eigenvalue weighted by Crippen LogP contribution is 2.23. The summed E-state index contributed by atoms with van der Waals surface area (Å²) in [5.74, 6) is 0.535. The van der Waals surface area contributed by atoms with Crippen molar-refractivity contribution in [2.45, 2.75) is 26.3 Å². The summed E-state index contributed by atoms with van der Waals surface area (Å²) in [6.07, 6.45) is 4.05. The van der Waals surface area contributed by atoms with Gasteiger partial charge in [-0.05, 0) is 31.5 Å². The Morgan fingerprint density at radius 1 is 1.12 bits per heavy atom.